The SMILES string of the molecule is CCc1cccc(C)c1NC(=O)Oc1ccc(Cl)cc1. The molecule has 0 atom stereocenters. The molecule has 1 N–H and O–H groups in total. The van der Waals surface area contributed by atoms with Gasteiger partial charge in [-0.05, 0) is 48.7 Å². The van der Waals surface area contributed by atoms with E-state index in [9.17, 15) is 4.79 Å². The first-order chi connectivity index (χ1) is 9.60. The molecule has 0 aliphatic rings. The number of nitrogens with one attached hydrogen (secondary N) is 1. The minimum Gasteiger partial charge on any atom is -0.410 e. The summed E-state index contributed by atoms with van der Waals surface area (Å²) in [5, 5.41) is 3.40. The number of carbonyl (C=O) groups excluding carboxylic acids is 1. The monoisotopic (exact) mass is 289 g/mol. The molecule has 0 aliphatic heterocycles. The van der Waals surface area contributed by atoms with Crippen LogP contribution >= 0.6 is 11.6 Å². The van der Waals surface area contributed by atoms with Crippen LogP contribution in [0, 0.1) is 6.92 Å². The van der Waals surface area contributed by atoms with Gasteiger partial charge in [0.25, 0.3) is 0 Å². The minimum atomic E-state index is -0.503. The fraction of sp³-hybridized carbons (Fsp3) is 0.188. The molecule has 104 valence electrons. The number of para-hydroxylation sites is 1. The van der Waals surface area contributed by atoms with Crippen molar-refractivity contribution in [1.82, 2.24) is 0 Å². The Morgan fingerprint density at radius 3 is 2.55 bits per heavy atom. The molecule has 2 aromatic carbocycles. The van der Waals surface area contributed by atoms with Crippen LogP contribution in [0.15, 0.2) is 42.5 Å². The molecule has 0 fully saturated rings. The van der Waals surface area contributed by atoms with E-state index >= 15 is 0 Å². The van der Waals surface area contributed by atoms with Crippen LogP contribution < -0.4 is 10.1 Å². The van der Waals surface area contributed by atoms with Crippen molar-refractivity contribution in [2.45, 2.75) is 20.3 Å². The van der Waals surface area contributed by atoms with Crippen LogP contribution in [0.25, 0.3) is 0 Å². The van der Waals surface area contributed by atoms with Crippen LogP contribution in [-0.2, 0) is 6.42 Å². The highest BCUT2D eigenvalue weighted by atomic mass is 35.5. The maximum Gasteiger partial charge on any atom is 0.417 e. The summed E-state index contributed by atoms with van der Waals surface area (Å²) in [5.41, 5.74) is 2.91. The second-order valence-electron chi connectivity index (χ2n) is 4.43. The maximum absolute atomic E-state index is 11.9. The third-order valence-corrected chi connectivity index (χ3v) is 3.24. The number of ether oxygens (including phenoxy) is 1. The van der Waals surface area contributed by atoms with E-state index in [0.717, 1.165) is 23.2 Å². The third kappa shape index (κ3) is 3.52. The van der Waals surface area contributed by atoms with E-state index < -0.39 is 6.09 Å². The Bertz CT molecular complexity index is 608. The van der Waals surface area contributed by atoms with Gasteiger partial charge < -0.3 is 4.74 Å². The number of aryl methyl sites for hydroxylation is 2. The fourth-order valence-corrected chi connectivity index (χ4v) is 2.07. The number of halogens is 1. The lowest BCUT2D eigenvalue weighted by molar-refractivity contribution is 0.215. The summed E-state index contributed by atoms with van der Waals surface area (Å²) in [6, 6.07) is 12.6. The summed E-state index contributed by atoms with van der Waals surface area (Å²) in [4.78, 5) is 11.9. The lowest BCUT2D eigenvalue weighted by Gasteiger charge is -2.13. The number of hydrogen-bond acceptors (Lipinski definition) is 2. The summed E-state index contributed by atoms with van der Waals surface area (Å²) in [6.45, 7) is 4.00. The van der Waals surface area contributed by atoms with E-state index in [1.54, 1.807) is 24.3 Å². The van der Waals surface area contributed by atoms with Crippen LogP contribution in [0.1, 0.15) is 18.1 Å². The molecule has 20 heavy (non-hydrogen) atoms. The van der Waals surface area contributed by atoms with Crippen molar-refractivity contribution in [2.24, 2.45) is 0 Å². The standard InChI is InChI=1S/C16H16ClNO2/c1-3-12-6-4-5-11(2)15(12)18-16(19)20-14-9-7-13(17)8-10-14/h4-10H,3H2,1-2H3,(H,18,19). The van der Waals surface area contributed by atoms with Crippen molar-refractivity contribution < 1.29 is 9.53 Å². The van der Waals surface area contributed by atoms with Gasteiger partial charge in [-0.15, -0.1) is 0 Å². The molecular formula is C16H16ClNO2. The van der Waals surface area contributed by atoms with Gasteiger partial charge in [-0.3, -0.25) is 5.32 Å². The Hall–Kier alpha value is -2.00. The summed E-state index contributed by atoms with van der Waals surface area (Å²) in [6.07, 6.45) is 0.342. The molecule has 0 saturated heterocycles. The summed E-state index contributed by atoms with van der Waals surface area (Å²) in [5.74, 6) is 0.457. The predicted molar refractivity (Wildman–Crippen MR) is 81.7 cm³/mol. The highest BCUT2D eigenvalue weighted by molar-refractivity contribution is 6.30. The third-order valence-electron chi connectivity index (χ3n) is 2.99. The van der Waals surface area contributed by atoms with Crippen molar-refractivity contribution in [3.63, 3.8) is 0 Å². The molecular weight excluding hydrogens is 274 g/mol. The molecule has 0 radical (unpaired) electrons. The molecule has 2 aromatic rings. The summed E-state index contributed by atoms with van der Waals surface area (Å²) in [7, 11) is 0. The van der Waals surface area contributed by atoms with Crippen LogP contribution in [0.4, 0.5) is 10.5 Å². The van der Waals surface area contributed by atoms with Crippen molar-refractivity contribution >= 4 is 23.4 Å². The first kappa shape index (κ1) is 14.4. The Labute approximate surface area is 123 Å². The Morgan fingerprint density at radius 1 is 1.20 bits per heavy atom. The number of amides is 1. The van der Waals surface area contributed by atoms with Gasteiger partial charge in [-0.1, -0.05) is 36.7 Å². The number of anilines is 1. The number of carbonyl (C=O) groups is 1. The van der Waals surface area contributed by atoms with Gasteiger partial charge in [0.15, 0.2) is 0 Å². The van der Waals surface area contributed by atoms with Crippen LogP contribution in [0.5, 0.6) is 5.75 Å². The van der Waals surface area contributed by atoms with Gasteiger partial charge in [0.05, 0.1) is 5.69 Å². The van der Waals surface area contributed by atoms with Gasteiger partial charge in [0.2, 0.25) is 0 Å². The first-order valence-corrected chi connectivity index (χ1v) is 6.81. The molecule has 0 heterocycles. The second-order valence-corrected chi connectivity index (χ2v) is 4.87. The van der Waals surface area contributed by atoms with Gasteiger partial charge in [0.1, 0.15) is 5.75 Å². The summed E-state index contributed by atoms with van der Waals surface area (Å²) >= 11 is 5.78. The van der Waals surface area contributed by atoms with Crippen molar-refractivity contribution in [1.29, 1.82) is 0 Å². The quantitative estimate of drug-likeness (QED) is 0.879. The highest BCUT2D eigenvalue weighted by Gasteiger charge is 2.10. The van der Waals surface area contributed by atoms with Gasteiger partial charge in [-0.25, -0.2) is 4.79 Å². The molecule has 0 bridgehead atoms. The number of rotatable bonds is 3. The van der Waals surface area contributed by atoms with Gasteiger partial charge in [-0.2, -0.15) is 0 Å². The lowest BCUT2D eigenvalue weighted by Crippen LogP contribution is -2.18. The van der Waals surface area contributed by atoms with E-state index in [0.29, 0.717) is 10.8 Å². The van der Waals surface area contributed by atoms with Crippen molar-refractivity contribution in [3.05, 3.63) is 58.6 Å². The van der Waals surface area contributed by atoms with Gasteiger partial charge >= 0.3 is 6.09 Å². The molecule has 3 nitrogen and oxygen atoms in total. The second kappa shape index (κ2) is 6.44. The number of benzene rings is 2. The molecule has 2 rings (SSSR count). The van der Waals surface area contributed by atoms with Crippen molar-refractivity contribution in [2.75, 3.05) is 5.32 Å². The molecule has 0 unspecified atom stereocenters. The van der Waals surface area contributed by atoms with Crippen LogP contribution in [-0.4, -0.2) is 6.09 Å². The summed E-state index contributed by atoms with van der Waals surface area (Å²) < 4.78 is 5.22. The Balaban J connectivity index is 2.10. The molecule has 4 heteroatoms. The largest absolute Gasteiger partial charge is 0.417 e. The maximum atomic E-state index is 11.9. The predicted octanol–water partition coefficient (Wildman–Crippen LogP) is 4.82. The van der Waals surface area contributed by atoms with Crippen LogP contribution in [0.2, 0.25) is 5.02 Å². The van der Waals surface area contributed by atoms with Crippen LogP contribution in [0.3, 0.4) is 0 Å². The first-order valence-electron chi connectivity index (χ1n) is 6.43. The Morgan fingerprint density at radius 2 is 1.90 bits per heavy atom. The van der Waals surface area contributed by atoms with Gasteiger partial charge in [0, 0.05) is 5.02 Å². The molecule has 0 aliphatic carbocycles. The van der Waals surface area contributed by atoms with E-state index in [2.05, 4.69) is 5.32 Å². The molecule has 0 saturated carbocycles. The zero-order chi connectivity index (χ0) is 14.5. The Kier molecular flexibility index (Phi) is 4.64. The van der Waals surface area contributed by atoms with E-state index in [1.165, 1.54) is 0 Å². The molecule has 0 aromatic heterocycles. The molecule has 1 amide bonds. The highest BCUT2D eigenvalue weighted by Crippen LogP contribution is 2.22. The normalized spacial score (nSPS) is 10.2. The lowest BCUT2D eigenvalue weighted by atomic mass is 10.1. The smallest absolute Gasteiger partial charge is 0.410 e. The minimum absolute atomic E-state index is 0.457. The topological polar surface area (TPSA) is 38.3 Å². The van der Waals surface area contributed by atoms with E-state index in [-0.39, 0.29) is 0 Å². The van der Waals surface area contributed by atoms with E-state index in [4.69, 9.17) is 16.3 Å². The average Bonchev–Trinajstić information content (AvgIpc) is 2.43. The fourth-order valence-electron chi connectivity index (χ4n) is 1.94. The zero-order valence-corrected chi connectivity index (χ0v) is 12.2. The molecule has 0 spiro atoms. The zero-order valence-electron chi connectivity index (χ0n) is 11.4. The van der Waals surface area contributed by atoms with E-state index in [1.807, 2.05) is 32.0 Å². The number of hydrogen-bond donors (Lipinski definition) is 1. The van der Waals surface area contributed by atoms with Crippen molar-refractivity contribution in [3.8, 4) is 5.75 Å². The average molecular weight is 290 g/mol.